The van der Waals surface area contributed by atoms with Crippen molar-refractivity contribution in [3.8, 4) is 109 Å². The van der Waals surface area contributed by atoms with Gasteiger partial charge in [-0.1, -0.05) is 51.1 Å². The van der Waals surface area contributed by atoms with Gasteiger partial charge in [-0.25, -0.2) is 9.59 Å². The number of hydrogen-bond acceptors (Lipinski definition) is 35. The Morgan fingerprint density at radius 1 is 0.479 bits per heavy atom. The number of allylic oxidation sites excluding steroid dienone is 2. The highest BCUT2D eigenvalue weighted by Crippen LogP contribution is 2.43. The number of rotatable bonds is 14. The Kier molecular flexibility index (Phi) is 36.9. The molecule has 42 heteroatoms. The van der Waals surface area contributed by atoms with Crippen LogP contribution in [0.25, 0.3) is 60.6 Å². The summed E-state index contributed by atoms with van der Waals surface area (Å²) in [4.78, 5) is 104. The lowest BCUT2D eigenvalue weighted by atomic mass is 9.96. The summed E-state index contributed by atoms with van der Waals surface area (Å²) in [6.45, 7) is 19.8. The van der Waals surface area contributed by atoms with Crippen molar-refractivity contribution in [3.05, 3.63) is 245 Å². The molecule has 146 heavy (non-hydrogen) atoms. The zero-order valence-electron chi connectivity index (χ0n) is 83.0. The summed E-state index contributed by atoms with van der Waals surface area (Å²) in [5, 5.41) is 25.3. The number of nitrogen functional groups attached to an aromatic ring is 1. The van der Waals surface area contributed by atoms with Crippen molar-refractivity contribution in [2.75, 3.05) is 88.8 Å². The van der Waals surface area contributed by atoms with Crippen LogP contribution >= 0.6 is 0 Å². The number of carbonyl (C=O) groups is 6. The van der Waals surface area contributed by atoms with E-state index in [1.54, 1.807) is 145 Å². The number of fused-ring (bicyclic) bond motifs is 4. The number of hydrogen-bond donors (Lipinski definition) is 5. The van der Waals surface area contributed by atoms with Crippen molar-refractivity contribution in [2.45, 2.75) is 96.9 Å². The second kappa shape index (κ2) is 48.6. The fourth-order valence-electron chi connectivity index (χ4n) is 13.8. The van der Waals surface area contributed by atoms with E-state index < -0.39 is 73.0 Å². The van der Waals surface area contributed by atoms with E-state index in [0.29, 0.717) is 79.8 Å². The number of nitrogens with zero attached hydrogens (tertiary/aromatic N) is 5. The third kappa shape index (κ3) is 28.4. The van der Waals surface area contributed by atoms with E-state index in [-0.39, 0.29) is 68.6 Å². The van der Waals surface area contributed by atoms with Crippen LogP contribution in [0.3, 0.4) is 0 Å². The summed E-state index contributed by atoms with van der Waals surface area (Å²) < 4.78 is 145. The maximum Gasteiger partial charge on any atom is 0.534 e. The van der Waals surface area contributed by atoms with Gasteiger partial charge in [0.05, 0.1) is 128 Å². The summed E-state index contributed by atoms with van der Waals surface area (Å²) in [5.74, 6) is 7.93. The van der Waals surface area contributed by atoms with Gasteiger partial charge >= 0.3 is 39.5 Å². The molecule has 0 atom stereocenters. The summed E-state index contributed by atoms with van der Waals surface area (Å²) >= 11 is 0. The molecule has 10 heterocycles. The second-order valence-electron chi connectivity index (χ2n) is 33.8. The fraction of sp³-hybridized carbons (Fsp3) is 0.250. The topological polar surface area (TPSA) is 469 Å². The molecule has 6 aromatic heterocycles. The van der Waals surface area contributed by atoms with Crippen LogP contribution in [0.15, 0.2) is 206 Å². The van der Waals surface area contributed by atoms with Gasteiger partial charge < -0.3 is 106 Å². The number of pyridine rings is 6. The molecule has 2 fully saturated rings. The number of H-pyrrole nitrogens is 1. The number of methoxy groups -OCH3 is 10. The molecule has 7 aromatic carbocycles. The first kappa shape index (κ1) is 111. The van der Waals surface area contributed by atoms with E-state index in [1.807, 2.05) is 36.4 Å². The van der Waals surface area contributed by atoms with Gasteiger partial charge in [-0.2, -0.15) is 21.6 Å². The molecular formula is C104H105F3N8O28SSi2. The Morgan fingerprint density at radius 2 is 0.952 bits per heavy atom. The zero-order valence-corrected chi connectivity index (χ0v) is 85.9. The molecule has 0 unspecified atom stereocenters. The molecule has 0 spiro atoms. The number of phenols is 2. The molecule has 0 amide bonds. The minimum absolute atomic E-state index is 0.0443. The number of aromatic hydroxyl groups is 2. The third-order valence-corrected chi connectivity index (χ3v) is 23.1. The van der Waals surface area contributed by atoms with Crippen LogP contribution in [-0.2, 0) is 54.7 Å². The monoisotopic (exact) mass is 2060 g/mol. The second-order valence-corrected chi connectivity index (χ2v) is 44.9. The molecule has 1 aliphatic carbocycles. The minimum atomic E-state index is -5.81. The number of nitrogens with two attached hydrogens (primary N) is 1. The number of ketones is 2. The van der Waals surface area contributed by atoms with Gasteiger partial charge in [-0.05, 0) is 139 Å². The number of nitrogens with one attached hydrogen (secondary N) is 2. The molecule has 0 saturated carbocycles. The highest BCUT2D eigenvalue weighted by atomic mass is 32.2. The average Bonchev–Trinajstić information content (AvgIpc) is 0.773. The Labute approximate surface area is 838 Å². The van der Waals surface area contributed by atoms with Gasteiger partial charge in [0.15, 0.2) is 22.5 Å². The number of halogens is 3. The first-order valence-electron chi connectivity index (χ1n) is 44.0. The number of ether oxygens (including phenoxy) is 16. The summed E-state index contributed by atoms with van der Waals surface area (Å²) in [5.41, 5.74) is 14.5. The molecule has 5 aliphatic rings. The highest BCUT2D eigenvalue weighted by molar-refractivity contribution is 7.88. The number of carbonyl (C=O) groups excluding carboxylic acids is 6. The van der Waals surface area contributed by atoms with Crippen LogP contribution < -0.4 is 77.5 Å². The quantitative estimate of drug-likeness (QED) is 0.00777. The number of phenolic OH excluding ortho intramolecular Hbond substituents is 2. The van der Waals surface area contributed by atoms with Crippen LogP contribution in [0.2, 0.25) is 39.3 Å². The van der Waals surface area contributed by atoms with E-state index in [9.17, 15) is 65.4 Å². The van der Waals surface area contributed by atoms with Crippen molar-refractivity contribution < 1.29 is 141 Å². The minimum Gasteiger partial charge on any atom is -0.506 e. The molecule has 13 aromatic rings. The lowest BCUT2D eigenvalue weighted by Gasteiger charge is -2.29. The number of aromatic nitrogens is 6. The number of aromatic amines is 1. The van der Waals surface area contributed by atoms with Gasteiger partial charge in [0.1, 0.15) is 131 Å². The summed E-state index contributed by atoms with van der Waals surface area (Å²) in [6, 6.07) is 37.2. The number of cyclic esters (lactones) is 4. The van der Waals surface area contributed by atoms with Crippen LogP contribution in [0, 0.1) is 22.9 Å². The van der Waals surface area contributed by atoms with E-state index >= 15 is 0 Å². The number of benzene rings is 7. The SMILES string of the molecule is CC1(C)OC(=O)CC(=O)O1.COc1ccc(OC)c(N)c1.COc1ccc(OC)c(NC=C2C(=O)OC(C)(C)OC2=O)c1.COc1ccc(OC)c2c(=O)cc[nH]c12.COc1ccc(OC)c2c(C#C[Si](C)(C)C)ccnc12.COc1ccc(OC)c2c(OS(=O)(=O)C(F)(F)F)ccnc12.C[Si](C)(C)C#Cc1ccnc2c1C(=O)C=CC2=O.Oc1ccc2c3c(ccnc13)C=CO2.Oc1ccc2c3c(ccnc13)CCO2. The van der Waals surface area contributed by atoms with Gasteiger partial charge in [0.25, 0.3) is 11.6 Å². The lowest BCUT2D eigenvalue weighted by molar-refractivity contribution is -0.231. The largest absolute Gasteiger partial charge is 0.534 e. The molecule has 0 bridgehead atoms. The van der Waals surface area contributed by atoms with Crippen molar-refractivity contribution in [1.29, 1.82) is 0 Å². The van der Waals surface area contributed by atoms with Crippen molar-refractivity contribution in [3.63, 3.8) is 0 Å². The van der Waals surface area contributed by atoms with Crippen LogP contribution in [0.4, 0.5) is 24.5 Å². The van der Waals surface area contributed by atoms with Gasteiger partial charge in [0, 0.05) is 118 Å². The number of anilines is 2. The van der Waals surface area contributed by atoms with Crippen molar-refractivity contribution >= 4 is 134 Å². The average molecular weight is 2060 g/mol. The van der Waals surface area contributed by atoms with Crippen molar-refractivity contribution in [1.82, 2.24) is 29.9 Å². The van der Waals surface area contributed by atoms with Crippen LogP contribution in [0.1, 0.15) is 77.2 Å². The molecule has 764 valence electrons. The molecular weight excluding hydrogens is 1950 g/mol. The maximum atomic E-state index is 12.5. The first-order valence-corrected chi connectivity index (χ1v) is 52.4. The van der Waals surface area contributed by atoms with E-state index in [1.165, 1.54) is 112 Å². The normalized spacial score (nSPS) is 13.5. The molecule has 0 radical (unpaired) electrons. The summed E-state index contributed by atoms with van der Waals surface area (Å²) in [6.07, 6.45) is 17.2. The Morgan fingerprint density at radius 3 is 1.51 bits per heavy atom. The standard InChI is InChI=1S/C16H19NO2Si.C15H17NO6.C14H13NO2Si.C12H10F3NO5S.C11H11NO3.C11H9NO2.C11H7NO2.C8H11NO2.C6H8O4/c1-18-13-6-7-14(19-2)16-15(13)12(8-10-17-16)9-11-20(3,4)5;1-15(2)21-13(17)10(14(18)22-15)8-16-11-7-9(19-3)5-6-12(11)20-4;1-18(2,3)9-7-10-6-8-15-14-12(17)5-4-11(16)13(10)14;1-19-7-3-4-9(20-2)11-10(7)8(5-6-16-11)21-22(17,18)12(13,14)15;1-14-8-3-4-9(15-2)11-10(8)7(13)5-6-12-11;2*13-8-1-2-9-10-7(4-6-14-9)3-5-12-11(8)10;1-10-6-3-4-8(11-2)7(9)5-6;1-6(2)9-4(7)3-5(8)10-6/h6-8,10H,1-5H3;5-8,16H,1-4H3;4-6,8H,1-3H3;3-6H,1-2H3;3-6H,1-2H3,(H,12,13);1-3,5,13H,4,6H2;1-6,13H;3-5H,9H2,1-2H3;3H2,1-2H3. The molecule has 6 N–H and O–H groups in total. The smallest absolute Gasteiger partial charge is 0.506 e. The number of esters is 4. The lowest BCUT2D eigenvalue weighted by Crippen LogP contribution is -2.42. The Bertz CT molecular complexity index is 7470. The first-order chi connectivity index (χ1) is 69.2. The van der Waals surface area contributed by atoms with E-state index in [0.717, 1.165) is 80.2 Å². The van der Waals surface area contributed by atoms with E-state index in [4.69, 9.17) is 72.0 Å². The van der Waals surface area contributed by atoms with Crippen LogP contribution in [-0.4, -0.2) is 195 Å². The molecule has 2 saturated heterocycles. The van der Waals surface area contributed by atoms with E-state index in [2.05, 4.69) is 111 Å². The zero-order chi connectivity index (χ0) is 107. The van der Waals surface area contributed by atoms with Crippen molar-refractivity contribution in [2.24, 2.45) is 0 Å². The van der Waals surface area contributed by atoms with Gasteiger partial charge in [-0.15, -0.1) is 11.1 Å². The maximum absolute atomic E-state index is 12.5. The predicted molar refractivity (Wildman–Crippen MR) is 543 cm³/mol. The molecule has 36 nitrogen and oxygen atoms in total. The summed E-state index contributed by atoms with van der Waals surface area (Å²) in [7, 11) is 6.46. The van der Waals surface area contributed by atoms with Crippen LogP contribution in [0.5, 0.6) is 86.2 Å². The predicted octanol–water partition coefficient (Wildman–Crippen LogP) is 17.3. The van der Waals surface area contributed by atoms with Gasteiger partial charge in [-0.3, -0.25) is 48.9 Å². The number of alkyl halides is 3. The fourth-order valence-corrected chi connectivity index (χ4v) is 15.3. The highest BCUT2D eigenvalue weighted by Gasteiger charge is 2.49. The Hall–Kier alpha value is -17.1. The third-order valence-electron chi connectivity index (χ3n) is 20.4. The Balaban J connectivity index is 0.000000170. The van der Waals surface area contributed by atoms with Gasteiger partial charge in [0.2, 0.25) is 5.78 Å². The molecule has 18 rings (SSSR count). The molecule has 4 aliphatic heterocycles.